The molecule has 0 fully saturated rings. The summed E-state index contributed by atoms with van der Waals surface area (Å²) in [7, 11) is 1.97. The van der Waals surface area contributed by atoms with E-state index in [9.17, 15) is 4.79 Å². The maximum atomic E-state index is 13.0. The number of aryl methyl sites for hydroxylation is 2. The number of carbonyl (C=O) groups excluding carboxylic acids is 1. The number of nitrogens with zero attached hydrogens (tertiary/aromatic N) is 3. The number of halogens is 1. The lowest BCUT2D eigenvalue weighted by molar-refractivity contribution is 0.0722. The van der Waals surface area contributed by atoms with Gasteiger partial charge in [-0.3, -0.25) is 4.79 Å². The molecule has 0 unspecified atom stereocenters. The second kappa shape index (κ2) is 7.18. The van der Waals surface area contributed by atoms with Crippen LogP contribution in [-0.2, 0) is 13.6 Å². The highest BCUT2D eigenvalue weighted by molar-refractivity contribution is 7.13. The Morgan fingerprint density at radius 1 is 1.32 bits per heavy atom. The van der Waals surface area contributed by atoms with Gasteiger partial charge in [-0.15, -0.1) is 11.3 Å². The summed E-state index contributed by atoms with van der Waals surface area (Å²) in [4.78, 5) is 21.5. The molecule has 25 heavy (non-hydrogen) atoms. The van der Waals surface area contributed by atoms with E-state index in [4.69, 9.17) is 16.6 Å². The van der Waals surface area contributed by atoms with E-state index in [-0.39, 0.29) is 5.91 Å². The van der Waals surface area contributed by atoms with Crippen LogP contribution in [0.2, 0.25) is 5.02 Å². The average Bonchev–Trinajstić information content (AvgIpc) is 3.11. The molecule has 0 spiro atoms. The Labute approximate surface area is 157 Å². The molecule has 3 aromatic rings. The van der Waals surface area contributed by atoms with Gasteiger partial charge < -0.3 is 9.47 Å². The van der Waals surface area contributed by atoms with Gasteiger partial charge in [0.1, 0.15) is 5.82 Å². The molecule has 1 amide bonds. The fraction of sp³-hybridized carbons (Fsp3) is 0.368. The van der Waals surface area contributed by atoms with Gasteiger partial charge in [0.15, 0.2) is 0 Å². The van der Waals surface area contributed by atoms with Gasteiger partial charge in [0.05, 0.1) is 22.5 Å². The van der Waals surface area contributed by atoms with E-state index in [2.05, 4.69) is 13.8 Å². The van der Waals surface area contributed by atoms with Crippen LogP contribution in [0.5, 0.6) is 0 Å². The Bertz CT molecular complexity index is 913. The Balaban J connectivity index is 1.92. The van der Waals surface area contributed by atoms with E-state index in [0.29, 0.717) is 24.0 Å². The Kier molecular flexibility index (Phi) is 5.16. The third-order valence-corrected chi connectivity index (χ3v) is 5.32. The fourth-order valence-electron chi connectivity index (χ4n) is 2.89. The zero-order chi connectivity index (χ0) is 18.1. The highest BCUT2D eigenvalue weighted by Crippen LogP contribution is 2.23. The summed E-state index contributed by atoms with van der Waals surface area (Å²) in [5, 5.41) is 0.686. The van der Waals surface area contributed by atoms with Crippen molar-refractivity contribution in [3.63, 3.8) is 0 Å². The van der Waals surface area contributed by atoms with Crippen molar-refractivity contribution in [3.05, 3.63) is 50.9 Å². The maximum Gasteiger partial charge on any atom is 0.264 e. The molecular formula is C19H22ClN3OS. The molecule has 6 heteroatoms. The predicted molar refractivity (Wildman–Crippen MR) is 104 cm³/mol. The number of carbonyl (C=O) groups is 1. The molecule has 1 aromatic carbocycles. The van der Waals surface area contributed by atoms with Gasteiger partial charge in [-0.1, -0.05) is 25.4 Å². The van der Waals surface area contributed by atoms with E-state index in [1.807, 2.05) is 53.8 Å². The Morgan fingerprint density at radius 3 is 2.72 bits per heavy atom. The first-order valence-corrected chi connectivity index (χ1v) is 9.51. The third-order valence-electron chi connectivity index (χ3n) is 4.09. The van der Waals surface area contributed by atoms with E-state index in [1.54, 1.807) is 0 Å². The number of hydrogen-bond donors (Lipinski definition) is 0. The Hall–Kier alpha value is -1.85. The molecule has 2 heterocycles. The standard InChI is InChI=1S/C19H22ClN3OS/c1-12(2)10-23(19(24)17-8-5-13(3)25-17)11-18-21-15-7-6-14(20)9-16(15)22(18)4/h5-9,12H,10-11H2,1-4H3. The number of thiophene rings is 1. The topological polar surface area (TPSA) is 38.1 Å². The molecule has 2 aromatic heterocycles. The molecule has 0 saturated carbocycles. The van der Waals surface area contributed by atoms with E-state index >= 15 is 0 Å². The maximum absolute atomic E-state index is 13.0. The summed E-state index contributed by atoms with van der Waals surface area (Å²) in [6.07, 6.45) is 0. The molecule has 0 radical (unpaired) electrons. The molecule has 0 saturated heterocycles. The normalized spacial score (nSPS) is 11.4. The quantitative estimate of drug-likeness (QED) is 0.636. The largest absolute Gasteiger partial charge is 0.330 e. The molecule has 0 aliphatic heterocycles. The number of imidazole rings is 1. The van der Waals surface area contributed by atoms with Gasteiger partial charge in [0, 0.05) is 23.5 Å². The van der Waals surface area contributed by atoms with Gasteiger partial charge in [0.2, 0.25) is 0 Å². The molecular weight excluding hydrogens is 354 g/mol. The minimum Gasteiger partial charge on any atom is -0.330 e. The number of aromatic nitrogens is 2. The number of hydrogen-bond acceptors (Lipinski definition) is 3. The number of rotatable bonds is 5. The molecule has 0 atom stereocenters. The highest BCUT2D eigenvalue weighted by Gasteiger charge is 2.21. The van der Waals surface area contributed by atoms with Crippen molar-refractivity contribution < 1.29 is 4.79 Å². The van der Waals surface area contributed by atoms with Crippen LogP contribution in [0.4, 0.5) is 0 Å². The summed E-state index contributed by atoms with van der Waals surface area (Å²) in [5.41, 5.74) is 1.87. The molecule has 0 aliphatic carbocycles. The van der Waals surface area contributed by atoms with Crippen LogP contribution in [0.25, 0.3) is 11.0 Å². The lowest BCUT2D eigenvalue weighted by Gasteiger charge is -2.23. The van der Waals surface area contributed by atoms with E-state index < -0.39 is 0 Å². The van der Waals surface area contributed by atoms with Crippen molar-refractivity contribution in [3.8, 4) is 0 Å². The van der Waals surface area contributed by atoms with Gasteiger partial charge in [-0.2, -0.15) is 0 Å². The second-order valence-corrected chi connectivity index (χ2v) is 8.43. The predicted octanol–water partition coefficient (Wildman–Crippen LogP) is 4.90. The summed E-state index contributed by atoms with van der Waals surface area (Å²) < 4.78 is 2.02. The van der Waals surface area contributed by atoms with Crippen LogP contribution in [0.3, 0.4) is 0 Å². The minimum atomic E-state index is 0.0666. The van der Waals surface area contributed by atoms with E-state index in [0.717, 1.165) is 26.6 Å². The Morgan fingerprint density at radius 2 is 2.08 bits per heavy atom. The first-order chi connectivity index (χ1) is 11.8. The molecule has 0 bridgehead atoms. The zero-order valence-electron chi connectivity index (χ0n) is 14.9. The van der Waals surface area contributed by atoms with Crippen LogP contribution in [0, 0.1) is 12.8 Å². The SMILES string of the molecule is Cc1ccc(C(=O)N(Cc2nc3ccc(Cl)cc3n2C)CC(C)C)s1. The first kappa shape index (κ1) is 18.0. The molecule has 0 aliphatic rings. The van der Waals surface area contributed by atoms with Crippen molar-refractivity contribution in [1.82, 2.24) is 14.5 Å². The summed E-state index contributed by atoms with van der Waals surface area (Å²) in [6, 6.07) is 9.56. The highest BCUT2D eigenvalue weighted by atomic mass is 35.5. The molecule has 4 nitrogen and oxygen atoms in total. The van der Waals surface area contributed by atoms with Crippen LogP contribution in [-0.4, -0.2) is 26.9 Å². The monoisotopic (exact) mass is 375 g/mol. The molecule has 3 rings (SSSR count). The van der Waals surface area contributed by atoms with Crippen molar-refractivity contribution in [2.75, 3.05) is 6.54 Å². The molecule has 132 valence electrons. The summed E-state index contributed by atoms with van der Waals surface area (Å²) in [5.74, 6) is 1.31. The van der Waals surface area contributed by atoms with Crippen molar-refractivity contribution in [2.45, 2.75) is 27.3 Å². The van der Waals surface area contributed by atoms with Crippen molar-refractivity contribution in [2.24, 2.45) is 13.0 Å². The van der Waals surface area contributed by atoms with Crippen LogP contribution < -0.4 is 0 Å². The number of benzene rings is 1. The van der Waals surface area contributed by atoms with Crippen molar-refractivity contribution in [1.29, 1.82) is 0 Å². The van der Waals surface area contributed by atoms with E-state index in [1.165, 1.54) is 11.3 Å². The fourth-order valence-corrected chi connectivity index (χ4v) is 3.89. The third kappa shape index (κ3) is 3.88. The van der Waals surface area contributed by atoms with Gasteiger partial charge >= 0.3 is 0 Å². The number of amides is 1. The lowest BCUT2D eigenvalue weighted by atomic mass is 10.2. The van der Waals surface area contributed by atoms with Crippen LogP contribution in [0.15, 0.2) is 30.3 Å². The average molecular weight is 376 g/mol. The smallest absolute Gasteiger partial charge is 0.264 e. The van der Waals surface area contributed by atoms with Gasteiger partial charge in [0.25, 0.3) is 5.91 Å². The van der Waals surface area contributed by atoms with Crippen molar-refractivity contribution >= 4 is 39.9 Å². The number of fused-ring (bicyclic) bond motifs is 1. The zero-order valence-corrected chi connectivity index (χ0v) is 16.5. The lowest BCUT2D eigenvalue weighted by Crippen LogP contribution is -2.34. The second-order valence-electron chi connectivity index (χ2n) is 6.71. The first-order valence-electron chi connectivity index (χ1n) is 8.31. The van der Waals surface area contributed by atoms with Gasteiger partial charge in [-0.05, 0) is 43.2 Å². The molecule has 0 N–H and O–H groups in total. The van der Waals surface area contributed by atoms with Crippen LogP contribution >= 0.6 is 22.9 Å². The van der Waals surface area contributed by atoms with Crippen LogP contribution in [0.1, 0.15) is 34.2 Å². The van der Waals surface area contributed by atoms with Gasteiger partial charge in [-0.25, -0.2) is 4.98 Å². The summed E-state index contributed by atoms with van der Waals surface area (Å²) in [6.45, 7) is 7.43. The summed E-state index contributed by atoms with van der Waals surface area (Å²) >= 11 is 7.64. The minimum absolute atomic E-state index is 0.0666.